The van der Waals surface area contributed by atoms with Gasteiger partial charge in [0.25, 0.3) is 1.43 Å². The quantitative estimate of drug-likeness (QED) is 0.667. The van der Waals surface area contributed by atoms with Gasteiger partial charge in [-0.05, 0) is 46.7 Å². The molecule has 0 aliphatic heterocycles. The first-order chi connectivity index (χ1) is 13.6. The fourth-order valence-electron chi connectivity index (χ4n) is 3.13. The van der Waals surface area contributed by atoms with Crippen LogP contribution in [0.25, 0.3) is 12.6 Å². The van der Waals surface area contributed by atoms with Crippen LogP contribution < -0.4 is 5.73 Å². The number of rotatable bonds is 7. The number of hydrogen-bond acceptors (Lipinski definition) is 3. The van der Waals surface area contributed by atoms with Gasteiger partial charge in [-0.2, -0.15) is 0 Å². The number of benzene rings is 3. The molecule has 0 fully saturated rings. The summed E-state index contributed by atoms with van der Waals surface area (Å²) in [6, 6.07) is 23.4. The molecule has 0 saturated heterocycles. The number of carboxylic acids is 1. The van der Waals surface area contributed by atoms with Crippen molar-refractivity contribution in [2.75, 3.05) is 0 Å². The molecule has 1 amide bonds. The lowest BCUT2D eigenvalue weighted by Gasteiger charge is -2.12. The summed E-state index contributed by atoms with van der Waals surface area (Å²) >= 11 is 0. The summed E-state index contributed by atoms with van der Waals surface area (Å²) in [7, 11) is 0. The molecule has 0 spiro atoms. The first kappa shape index (κ1) is 17.0. The second kappa shape index (κ2) is 8.32. The lowest BCUT2D eigenvalue weighted by Crippen LogP contribution is -2.12. The number of amides is 1. The van der Waals surface area contributed by atoms with E-state index in [0.717, 1.165) is 28.7 Å². The van der Waals surface area contributed by atoms with Crippen LogP contribution in [-0.2, 0) is 17.6 Å². The molecule has 3 aromatic rings. The van der Waals surface area contributed by atoms with Gasteiger partial charge in [0.05, 0.1) is 0 Å². The first-order valence-corrected chi connectivity index (χ1v) is 8.79. The lowest BCUT2D eigenvalue weighted by atomic mass is 9.93. The predicted octanol–water partition coefficient (Wildman–Crippen LogP) is 4.06. The van der Waals surface area contributed by atoms with Crippen molar-refractivity contribution in [3.8, 4) is 11.1 Å². The molecule has 3 N–H and O–H groups in total. The van der Waals surface area contributed by atoms with E-state index < -0.39 is 11.9 Å². The topological polar surface area (TPSA) is 80.4 Å². The Balaban J connectivity index is 1.93. The van der Waals surface area contributed by atoms with Crippen molar-refractivity contribution in [2.45, 2.75) is 19.3 Å². The van der Waals surface area contributed by atoms with Crippen molar-refractivity contribution in [3.05, 3.63) is 95.1 Å². The van der Waals surface area contributed by atoms with Gasteiger partial charge in [-0.1, -0.05) is 66.7 Å². The van der Waals surface area contributed by atoms with Crippen LogP contribution in [-0.4, -0.2) is 17.0 Å². The molecule has 0 radical (unpaired) electrons. The summed E-state index contributed by atoms with van der Waals surface area (Å²) in [4.78, 5) is 23.2. The molecule has 136 valence electrons. The molecule has 4 nitrogen and oxygen atoms in total. The average molecular weight is 360 g/mol. The van der Waals surface area contributed by atoms with Crippen LogP contribution in [0.2, 0.25) is 0 Å². The normalized spacial score (nSPS) is 10.9. The molecule has 0 saturated carbocycles. The van der Waals surface area contributed by atoms with Gasteiger partial charge >= 0.3 is 5.97 Å². The predicted molar refractivity (Wildman–Crippen MR) is 106 cm³/mol. The van der Waals surface area contributed by atoms with E-state index in [1.54, 1.807) is 6.07 Å². The van der Waals surface area contributed by atoms with Crippen LogP contribution in [0.3, 0.4) is 0 Å². The van der Waals surface area contributed by atoms with Crippen LogP contribution in [0, 0.1) is 0 Å². The van der Waals surface area contributed by atoms with Gasteiger partial charge in [0.2, 0.25) is 5.91 Å². The molecule has 3 aromatic carbocycles. The Bertz CT molecular complexity index is 986. The number of carbonyl (C=O) groups is 2. The lowest BCUT2D eigenvalue weighted by molar-refractivity contribution is -0.136. The summed E-state index contributed by atoms with van der Waals surface area (Å²) in [6.45, 7) is 0. The molecule has 0 aliphatic carbocycles. The minimum absolute atomic E-state index is 0.129. The zero-order valence-corrected chi connectivity index (χ0v) is 14.9. The summed E-state index contributed by atoms with van der Waals surface area (Å²) in [5.74, 6) is -1.06. The van der Waals surface area contributed by atoms with Crippen molar-refractivity contribution in [1.82, 2.24) is 0 Å². The van der Waals surface area contributed by atoms with Gasteiger partial charge in [0, 0.05) is 12.0 Å². The zero-order valence-electron chi connectivity index (χ0n) is 15.9. The monoisotopic (exact) mass is 360 g/mol. The van der Waals surface area contributed by atoms with E-state index in [1.807, 2.05) is 54.6 Å². The Morgan fingerprint density at radius 1 is 0.889 bits per heavy atom. The average Bonchev–Trinajstić information content (AvgIpc) is 2.72. The highest BCUT2D eigenvalue weighted by atomic mass is 16.4. The molecular weight excluding hydrogens is 338 g/mol. The Kier molecular flexibility index (Phi) is 5.25. The highest BCUT2D eigenvalue weighted by molar-refractivity contribution is 6.00. The van der Waals surface area contributed by atoms with Gasteiger partial charge in [0.1, 0.15) is 0 Å². The van der Waals surface area contributed by atoms with Crippen molar-refractivity contribution < 1.29 is 14.7 Å². The van der Waals surface area contributed by atoms with E-state index in [-0.39, 0.29) is 6.42 Å². The first-order valence-electron chi connectivity index (χ1n) is 9.19. The van der Waals surface area contributed by atoms with Crippen LogP contribution >= 0.6 is 0 Å². The highest BCUT2D eigenvalue weighted by Crippen LogP contribution is 2.27. The van der Waals surface area contributed by atoms with E-state index in [0.29, 0.717) is 12.0 Å². The van der Waals surface area contributed by atoms with E-state index >= 15 is 0 Å². The number of aryl methyl sites for hydroxylation is 1. The standard InChI is InChI=1S/C23H21NO3/c24-23(27)20-11-9-18(13-16-5-2-1-3-6-16)15-21(20)19-8-4-7-17(14-19)10-12-22(25)26/h1-9,11,14-15H,10,12-13H2,(H2,24,27)(H,25,26)/i/hD. The summed E-state index contributed by atoms with van der Waals surface area (Å²) < 4.78 is 6.64. The highest BCUT2D eigenvalue weighted by Gasteiger charge is 2.12. The summed E-state index contributed by atoms with van der Waals surface area (Å²) in [6.07, 6.45) is 1.34. The maximum Gasteiger partial charge on any atom is 0.303 e. The second-order valence-corrected chi connectivity index (χ2v) is 6.48. The molecule has 0 aromatic heterocycles. The molecule has 0 unspecified atom stereocenters. The Labute approximate surface area is 159 Å². The smallest absolute Gasteiger partial charge is 0.303 e. The van der Waals surface area contributed by atoms with E-state index in [2.05, 4.69) is 17.2 Å². The van der Waals surface area contributed by atoms with Crippen LogP contribution in [0.4, 0.5) is 0 Å². The van der Waals surface area contributed by atoms with E-state index in [1.165, 1.54) is 5.56 Å². The van der Waals surface area contributed by atoms with Crippen LogP contribution in [0.1, 0.15) is 33.5 Å². The third-order valence-corrected chi connectivity index (χ3v) is 4.46. The molecule has 0 bridgehead atoms. The number of carbonyl (C=O) groups excluding carboxylic acids is 1. The molecule has 0 atom stereocenters. The number of nitrogens with two attached hydrogens (primary N) is 1. The fraction of sp³-hybridized carbons (Fsp3) is 0.130. The molecule has 0 heterocycles. The van der Waals surface area contributed by atoms with Gasteiger partial charge < -0.3 is 10.8 Å². The minimum atomic E-state index is -0.576. The maximum absolute atomic E-state index is 11.9. The number of hydrogen-bond donors (Lipinski definition) is 2. The van der Waals surface area contributed by atoms with Gasteiger partial charge in [0.15, 0.2) is 0 Å². The molecule has 3 rings (SSSR count). The number of carboxylic acid groups (broad SMARTS) is 1. The van der Waals surface area contributed by atoms with Crippen LogP contribution in [0.5, 0.6) is 0 Å². The molecular formula is C23H21NO3. The fourth-order valence-corrected chi connectivity index (χ4v) is 3.13. The van der Waals surface area contributed by atoms with Crippen molar-refractivity contribution >= 4 is 11.9 Å². The van der Waals surface area contributed by atoms with Crippen LogP contribution in [0.15, 0.2) is 72.8 Å². The maximum atomic E-state index is 11.9. The van der Waals surface area contributed by atoms with Crippen molar-refractivity contribution in [3.63, 3.8) is 0 Å². The van der Waals surface area contributed by atoms with E-state index in [4.69, 9.17) is 7.16 Å². The molecule has 27 heavy (non-hydrogen) atoms. The SMILES string of the molecule is [2H]OC(=O)CCc1cccc(-c2cc(Cc3ccccc3)ccc2C(N)=O)c1. The summed E-state index contributed by atoms with van der Waals surface area (Å²) in [5.41, 5.74) is 10.9. The van der Waals surface area contributed by atoms with Crippen molar-refractivity contribution in [1.29, 1.82) is 1.43 Å². The third-order valence-electron chi connectivity index (χ3n) is 4.46. The van der Waals surface area contributed by atoms with Gasteiger partial charge in [-0.3, -0.25) is 9.59 Å². The number of primary amides is 1. The third kappa shape index (κ3) is 4.82. The summed E-state index contributed by atoms with van der Waals surface area (Å²) in [5, 5.41) is 3.96. The minimum Gasteiger partial charge on any atom is -0.481 e. The number of aliphatic carboxylic acids is 1. The molecule has 4 heteroatoms. The Hall–Kier alpha value is -3.40. The van der Waals surface area contributed by atoms with Gasteiger partial charge in [-0.25, -0.2) is 0 Å². The van der Waals surface area contributed by atoms with E-state index in [9.17, 15) is 9.59 Å². The van der Waals surface area contributed by atoms with Gasteiger partial charge in [-0.15, -0.1) is 0 Å². The second-order valence-electron chi connectivity index (χ2n) is 6.48. The Morgan fingerprint density at radius 3 is 2.41 bits per heavy atom. The van der Waals surface area contributed by atoms with Crippen molar-refractivity contribution in [2.24, 2.45) is 5.73 Å². The molecule has 0 aliphatic rings. The zero-order chi connectivity index (χ0) is 19.9. The largest absolute Gasteiger partial charge is 0.481 e. The Morgan fingerprint density at radius 2 is 1.67 bits per heavy atom.